The van der Waals surface area contributed by atoms with Gasteiger partial charge in [-0.1, -0.05) is 0 Å². The second-order valence-corrected chi connectivity index (χ2v) is 4.31. The van der Waals surface area contributed by atoms with Crippen molar-refractivity contribution in [1.29, 1.82) is 0 Å². The Balaban J connectivity index is 2.93. The molecule has 1 unspecified atom stereocenters. The lowest BCUT2D eigenvalue weighted by Gasteiger charge is -2.04. The van der Waals surface area contributed by atoms with Crippen LogP contribution in [0.4, 0.5) is 0 Å². The van der Waals surface area contributed by atoms with Gasteiger partial charge in [0.1, 0.15) is 0 Å². The van der Waals surface area contributed by atoms with E-state index in [1.54, 1.807) is 11.3 Å². The molecule has 1 atom stereocenters. The zero-order valence-corrected chi connectivity index (χ0v) is 8.17. The number of hydrogen-bond donors (Lipinski definition) is 1. The van der Waals surface area contributed by atoms with Crippen molar-refractivity contribution in [1.82, 2.24) is 0 Å². The molecule has 0 bridgehead atoms. The molecule has 0 aliphatic rings. The molecule has 1 heterocycles. The van der Waals surface area contributed by atoms with Crippen LogP contribution in [0, 0.1) is 13.8 Å². The van der Waals surface area contributed by atoms with Crippen LogP contribution in [0.25, 0.3) is 0 Å². The van der Waals surface area contributed by atoms with Crippen LogP contribution < -0.4 is 0 Å². The highest BCUT2D eigenvalue weighted by molar-refractivity contribution is 7.12. The van der Waals surface area contributed by atoms with Gasteiger partial charge < -0.3 is 5.11 Å². The van der Waals surface area contributed by atoms with E-state index in [0.717, 1.165) is 10.4 Å². The number of aryl methyl sites for hydroxylation is 2. The lowest BCUT2D eigenvalue weighted by atomic mass is 10.1. The second kappa shape index (κ2) is 3.57. The van der Waals surface area contributed by atoms with E-state index in [9.17, 15) is 5.11 Å². The number of aliphatic hydroxyl groups excluding tert-OH is 1. The van der Waals surface area contributed by atoms with Crippen molar-refractivity contribution in [2.24, 2.45) is 0 Å². The quantitative estimate of drug-likeness (QED) is 0.711. The van der Waals surface area contributed by atoms with Gasteiger partial charge in [-0.3, -0.25) is 0 Å². The molecule has 62 valence electrons. The van der Waals surface area contributed by atoms with Crippen LogP contribution in [0.1, 0.15) is 21.4 Å². The maximum absolute atomic E-state index is 9.40. The Morgan fingerprint density at radius 2 is 2.27 bits per heavy atom. The van der Waals surface area contributed by atoms with Gasteiger partial charge in [0.25, 0.3) is 0 Å². The first-order chi connectivity index (χ1) is 5.15. The molecule has 0 fully saturated rings. The third kappa shape index (κ3) is 1.95. The fourth-order valence-electron chi connectivity index (χ4n) is 1.06. The van der Waals surface area contributed by atoms with Crippen molar-refractivity contribution in [3.05, 3.63) is 21.4 Å². The SMILES string of the molecule is Cc1cc(C(O)CCl)c(C)s1. The zero-order chi connectivity index (χ0) is 8.43. The monoisotopic (exact) mass is 190 g/mol. The van der Waals surface area contributed by atoms with Crippen LogP contribution in [0.5, 0.6) is 0 Å². The predicted molar refractivity (Wildman–Crippen MR) is 49.5 cm³/mol. The summed E-state index contributed by atoms with van der Waals surface area (Å²) < 4.78 is 0. The molecule has 0 amide bonds. The Bertz CT molecular complexity index is 244. The molecular formula is C8H11ClOS. The topological polar surface area (TPSA) is 20.2 Å². The highest BCUT2D eigenvalue weighted by atomic mass is 35.5. The van der Waals surface area contributed by atoms with Crippen LogP contribution in [-0.2, 0) is 0 Å². The van der Waals surface area contributed by atoms with Gasteiger partial charge in [-0.2, -0.15) is 0 Å². The molecule has 1 aromatic heterocycles. The van der Waals surface area contributed by atoms with Crippen LogP contribution in [0.3, 0.4) is 0 Å². The highest BCUT2D eigenvalue weighted by Gasteiger charge is 2.10. The van der Waals surface area contributed by atoms with Crippen molar-refractivity contribution in [2.45, 2.75) is 20.0 Å². The van der Waals surface area contributed by atoms with Gasteiger partial charge in [0.15, 0.2) is 0 Å². The van der Waals surface area contributed by atoms with Gasteiger partial charge >= 0.3 is 0 Å². The molecule has 1 nitrogen and oxygen atoms in total. The minimum Gasteiger partial charge on any atom is -0.387 e. The molecule has 0 aromatic carbocycles. The molecule has 0 aliphatic heterocycles. The number of aliphatic hydroxyl groups is 1. The van der Waals surface area contributed by atoms with E-state index in [-0.39, 0.29) is 5.88 Å². The summed E-state index contributed by atoms with van der Waals surface area (Å²) in [6.45, 7) is 4.03. The molecule has 1 N–H and O–H groups in total. The summed E-state index contributed by atoms with van der Waals surface area (Å²) in [5.41, 5.74) is 0.975. The van der Waals surface area contributed by atoms with E-state index < -0.39 is 6.10 Å². The number of rotatable bonds is 2. The minimum absolute atomic E-state index is 0.275. The molecule has 1 rings (SSSR count). The molecular weight excluding hydrogens is 180 g/mol. The molecule has 0 radical (unpaired) electrons. The Morgan fingerprint density at radius 3 is 2.64 bits per heavy atom. The van der Waals surface area contributed by atoms with E-state index in [1.807, 2.05) is 19.9 Å². The summed E-state index contributed by atoms with van der Waals surface area (Å²) in [6.07, 6.45) is -0.499. The summed E-state index contributed by atoms with van der Waals surface area (Å²) in [6, 6.07) is 1.99. The molecule has 3 heteroatoms. The fourth-order valence-corrected chi connectivity index (χ4v) is 2.21. The summed E-state index contributed by atoms with van der Waals surface area (Å²) in [4.78, 5) is 2.39. The number of alkyl halides is 1. The van der Waals surface area contributed by atoms with E-state index in [1.165, 1.54) is 4.88 Å². The zero-order valence-electron chi connectivity index (χ0n) is 6.60. The smallest absolute Gasteiger partial charge is 0.0936 e. The standard InChI is InChI=1S/C8H11ClOS/c1-5-3-7(6(2)11-5)8(10)4-9/h3,8,10H,4H2,1-2H3. The maximum atomic E-state index is 9.40. The van der Waals surface area contributed by atoms with Crippen molar-refractivity contribution in [3.63, 3.8) is 0 Å². The Labute approximate surface area is 75.6 Å². The molecule has 0 saturated carbocycles. The van der Waals surface area contributed by atoms with Crippen LogP contribution in [0.15, 0.2) is 6.07 Å². The van der Waals surface area contributed by atoms with Gasteiger partial charge in [0.2, 0.25) is 0 Å². The van der Waals surface area contributed by atoms with Gasteiger partial charge in [-0.15, -0.1) is 22.9 Å². The lowest BCUT2D eigenvalue weighted by Crippen LogP contribution is -1.97. The third-order valence-corrected chi connectivity index (χ3v) is 2.86. The van der Waals surface area contributed by atoms with Crippen molar-refractivity contribution >= 4 is 22.9 Å². The van der Waals surface area contributed by atoms with Gasteiger partial charge in [-0.25, -0.2) is 0 Å². The van der Waals surface area contributed by atoms with Crippen molar-refractivity contribution in [2.75, 3.05) is 5.88 Å². The van der Waals surface area contributed by atoms with Crippen molar-refractivity contribution in [3.8, 4) is 0 Å². The number of thiophene rings is 1. The van der Waals surface area contributed by atoms with Crippen molar-refractivity contribution < 1.29 is 5.11 Å². The second-order valence-electron chi connectivity index (χ2n) is 2.54. The summed E-state index contributed by atoms with van der Waals surface area (Å²) in [5, 5.41) is 9.40. The number of hydrogen-bond acceptors (Lipinski definition) is 2. The largest absolute Gasteiger partial charge is 0.387 e. The first kappa shape index (κ1) is 9.04. The van der Waals surface area contributed by atoms with Crippen LogP contribution in [-0.4, -0.2) is 11.0 Å². The van der Waals surface area contributed by atoms with E-state index >= 15 is 0 Å². The Hall–Kier alpha value is -0.0500. The first-order valence-electron chi connectivity index (χ1n) is 3.46. The molecule has 0 aliphatic carbocycles. The average molecular weight is 191 g/mol. The molecule has 11 heavy (non-hydrogen) atoms. The molecule has 0 saturated heterocycles. The van der Waals surface area contributed by atoms with E-state index in [2.05, 4.69) is 0 Å². The van der Waals surface area contributed by atoms with E-state index in [4.69, 9.17) is 11.6 Å². The third-order valence-electron chi connectivity index (χ3n) is 1.58. The average Bonchev–Trinajstić information content (AvgIpc) is 2.28. The summed E-state index contributed by atoms with van der Waals surface area (Å²) in [7, 11) is 0. The fraction of sp³-hybridized carbons (Fsp3) is 0.500. The Kier molecular flexibility index (Phi) is 2.93. The first-order valence-corrected chi connectivity index (χ1v) is 4.81. The Morgan fingerprint density at radius 1 is 1.64 bits per heavy atom. The van der Waals surface area contributed by atoms with Crippen LogP contribution >= 0.6 is 22.9 Å². The minimum atomic E-state index is -0.499. The van der Waals surface area contributed by atoms with Gasteiger partial charge in [0, 0.05) is 9.75 Å². The summed E-state index contributed by atoms with van der Waals surface area (Å²) in [5.74, 6) is 0.275. The van der Waals surface area contributed by atoms with Gasteiger partial charge in [-0.05, 0) is 25.5 Å². The highest BCUT2D eigenvalue weighted by Crippen LogP contribution is 2.26. The molecule has 1 aromatic rings. The normalized spacial score (nSPS) is 13.5. The number of halogens is 1. The maximum Gasteiger partial charge on any atom is 0.0936 e. The summed E-state index contributed by atoms with van der Waals surface area (Å²) >= 11 is 7.22. The lowest BCUT2D eigenvalue weighted by molar-refractivity contribution is 0.202. The van der Waals surface area contributed by atoms with E-state index in [0.29, 0.717) is 0 Å². The predicted octanol–water partition coefficient (Wildman–Crippen LogP) is 2.64. The van der Waals surface area contributed by atoms with Crippen LogP contribution in [0.2, 0.25) is 0 Å². The van der Waals surface area contributed by atoms with Gasteiger partial charge in [0.05, 0.1) is 12.0 Å². The molecule has 0 spiro atoms.